The predicted molar refractivity (Wildman–Crippen MR) is 114 cm³/mol. The summed E-state index contributed by atoms with van der Waals surface area (Å²) in [4.78, 5) is 3.96. The van der Waals surface area contributed by atoms with E-state index in [1.54, 1.807) is 25.5 Å². The van der Waals surface area contributed by atoms with Gasteiger partial charge in [0, 0.05) is 12.7 Å². The fourth-order valence-electron chi connectivity index (χ4n) is 2.68. The molecule has 0 radical (unpaired) electrons. The Morgan fingerprint density at radius 1 is 1.15 bits per heavy atom. The number of benzene rings is 2. The Morgan fingerprint density at radius 2 is 1.93 bits per heavy atom. The highest BCUT2D eigenvalue weighted by atomic mass is 16.5. The van der Waals surface area contributed by atoms with Gasteiger partial charge in [-0.3, -0.25) is 4.99 Å². The zero-order valence-corrected chi connectivity index (χ0v) is 16.6. The lowest BCUT2D eigenvalue weighted by atomic mass is 9.95. The molecule has 1 unspecified atom stereocenters. The molecule has 0 saturated carbocycles. The third kappa shape index (κ3) is 5.08. The van der Waals surface area contributed by atoms with Crippen LogP contribution in [0.4, 0.5) is 5.69 Å². The summed E-state index contributed by atoms with van der Waals surface area (Å²) in [7, 11) is 1.73. The number of anilines is 1. The van der Waals surface area contributed by atoms with Crippen LogP contribution >= 0.6 is 0 Å². The standard InChI is InChI=1S/C23H28N2O2/c1-7-12-26-23(5,8-2)19-10-9-11-20(15-19)27-22-14-17(3)21(13-18(22)4)25-16-24-6/h7-11,13-16H,1-2,12H2,3-6H3,(H,24,25). The zero-order valence-electron chi connectivity index (χ0n) is 16.6. The first-order valence-corrected chi connectivity index (χ1v) is 8.88. The number of aryl methyl sites for hydroxylation is 2. The van der Waals surface area contributed by atoms with Crippen molar-refractivity contribution in [3.05, 3.63) is 78.4 Å². The Balaban J connectivity index is 2.29. The molecule has 0 heterocycles. The van der Waals surface area contributed by atoms with Crippen LogP contribution in [0, 0.1) is 13.8 Å². The molecule has 0 saturated heterocycles. The maximum Gasteiger partial charge on any atom is 0.130 e. The number of ether oxygens (including phenoxy) is 2. The molecule has 4 nitrogen and oxygen atoms in total. The van der Waals surface area contributed by atoms with Crippen molar-refractivity contribution in [2.45, 2.75) is 26.4 Å². The Hall–Kier alpha value is -2.85. The second-order valence-corrected chi connectivity index (χ2v) is 6.51. The number of hydrogen-bond donors (Lipinski definition) is 1. The monoisotopic (exact) mass is 364 g/mol. The predicted octanol–water partition coefficient (Wildman–Crippen LogP) is 5.77. The van der Waals surface area contributed by atoms with Crippen LogP contribution in [0.25, 0.3) is 0 Å². The summed E-state index contributed by atoms with van der Waals surface area (Å²) >= 11 is 0. The van der Waals surface area contributed by atoms with Crippen LogP contribution in [0.3, 0.4) is 0 Å². The summed E-state index contributed by atoms with van der Waals surface area (Å²) in [5.74, 6) is 1.57. The van der Waals surface area contributed by atoms with Gasteiger partial charge < -0.3 is 14.8 Å². The van der Waals surface area contributed by atoms with Crippen molar-refractivity contribution < 1.29 is 9.47 Å². The van der Waals surface area contributed by atoms with Crippen molar-refractivity contribution >= 4 is 12.0 Å². The summed E-state index contributed by atoms with van der Waals surface area (Å²) in [5.41, 5.74) is 3.50. The molecule has 0 aromatic heterocycles. The minimum atomic E-state index is -0.605. The lowest BCUT2D eigenvalue weighted by Gasteiger charge is -2.26. The minimum Gasteiger partial charge on any atom is -0.457 e. The van der Waals surface area contributed by atoms with Crippen LogP contribution in [-0.4, -0.2) is 20.0 Å². The van der Waals surface area contributed by atoms with E-state index < -0.39 is 5.60 Å². The maximum absolute atomic E-state index is 6.16. The van der Waals surface area contributed by atoms with Gasteiger partial charge in [0.05, 0.1) is 12.9 Å². The normalized spacial score (nSPS) is 13.2. The first-order valence-electron chi connectivity index (χ1n) is 8.88. The molecule has 0 aliphatic rings. The molecule has 142 valence electrons. The number of rotatable bonds is 9. The van der Waals surface area contributed by atoms with Crippen molar-refractivity contribution in [2.75, 3.05) is 19.0 Å². The molecule has 0 amide bonds. The molecular weight excluding hydrogens is 336 g/mol. The van der Waals surface area contributed by atoms with Crippen molar-refractivity contribution in [1.82, 2.24) is 0 Å². The lowest BCUT2D eigenvalue weighted by molar-refractivity contribution is 0.0207. The second kappa shape index (κ2) is 9.19. The summed E-state index contributed by atoms with van der Waals surface area (Å²) in [6.07, 6.45) is 5.19. The molecule has 0 aliphatic heterocycles. The largest absolute Gasteiger partial charge is 0.457 e. The van der Waals surface area contributed by atoms with E-state index in [0.29, 0.717) is 6.61 Å². The zero-order chi connectivity index (χ0) is 19.9. The topological polar surface area (TPSA) is 42.9 Å². The van der Waals surface area contributed by atoms with Crippen LogP contribution in [0.2, 0.25) is 0 Å². The van der Waals surface area contributed by atoms with E-state index in [4.69, 9.17) is 9.47 Å². The number of nitrogens with zero attached hydrogens (tertiary/aromatic N) is 1. The van der Waals surface area contributed by atoms with Gasteiger partial charge in [-0.1, -0.05) is 30.9 Å². The summed E-state index contributed by atoms with van der Waals surface area (Å²) < 4.78 is 12.1. The average molecular weight is 364 g/mol. The molecule has 1 atom stereocenters. The molecule has 2 aromatic rings. The summed E-state index contributed by atoms with van der Waals surface area (Å²) in [5, 5.41) is 3.17. The van der Waals surface area contributed by atoms with E-state index in [-0.39, 0.29) is 0 Å². The first kappa shape index (κ1) is 20.5. The van der Waals surface area contributed by atoms with E-state index in [1.165, 1.54) is 0 Å². The van der Waals surface area contributed by atoms with E-state index in [1.807, 2.05) is 51.1 Å². The van der Waals surface area contributed by atoms with E-state index >= 15 is 0 Å². The Bertz CT molecular complexity index is 842. The van der Waals surface area contributed by atoms with Crippen LogP contribution in [0.5, 0.6) is 11.5 Å². The van der Waals surface area contributed by atoms with E-state index in [0.717, 1.165) is 33.9 Å². The number of aliphatic imine (C=N–C) groups is 1. The molecule has 0 spiro atoms. The van der Waals surface area contributed by atoms with Crippen molar-refractivity contribution in [3.8, 4) is 11.5 Å². The van der Waals surface area contributed by atoms with Crippen LogP contribution in [0.15, 0.2) is 66.7 Å². The third-order valence-electron chi connectivity index (χ3n) is 4.40. The third-order valence-corrected chi connectivity index (χ3v) is 4.40. The van der Waals surface area contributed by atoms with Crippen LogP contribution < -0.4 is 10.1 Å². The van der Waals surface area contributed by atoms with Gasteiger partial charge in [-0.15, -0.1) is 6.58 Å². The molecule has 27 heavy (non-hydrogen) atoms. The molecule has 2 rings (SSSR count). The molecule has 0 fully saturated rings. The van der Waals surface area contributed by atoms with Gasteiger partial charge >= 0.3 is 0 Å². The van der Waals surface area contributed by atoms with Crippen molar-refractivity contribution in [1.29, 1.82) is 0 Å². The Morgan fingerprint density at radius 3 is 2.59 bits per heavy atom. The summed E-state index contributed by atoms with van der Waals surface area (Å²) in [6.45, 7) is 14.1. The fraction of sp³-hybridized carbons (Fsp3) is 0.261. The minimum absolute atomic E-state index is 0.446. The van der Waals surface area contributed by atoms with Crippen molar-refractivity contribution in [2.24, 2.45) is 4.99 Å². The van der Waals surface area contributed by atoms with Crippen LogP contribution in [-0.2, 0) is 10.3 Å². The van der Waals surface area contributed by atoms with Gasteiger partial charge in [0.25, 0.3) is 0 Å². The molecule has 2 aromatic carbocycles. The SMILES string of the molecule is C=CCOC(C)(C=C)c1cccc(Oc2cc(C)c(NC=NC)cc2C)c1. The molecule has 0 bridgehead atoms. The average Bonchev–Trinajstić information content (AvgIpc) is 2.67. The lowest BCUT2D eigenvalue weighted by Crippen LogP contribution is -2.23. The van der Waals surface area contributed by atoms with Gasteiger partial charge in [0.1, 0.15) is 17.1 Å². The number of nitrogens with one attached hydrogen (secondary N) is 1. The molecule has 0 aliphatic carbocycles. The quantitative estimate of drug-likeness (QED) is 0.349. The molecule has 4 heteroatoms. The van der Waals surface area contributed by atoms with Gasteiger partial charge in [-0.05, 0) is 61.7 Å². The second-order valence-electron chi connectivity index (χ2n) is 6.51. The van der Waals surface area contributed by atoms with Gasteiger partial charge in [-0.25, -0.2) is 0 Å². The Kier molecular flexibility index (Phi) is 6.97. The maximum atomic E-state index is 6.16. The Labute approximate surface area is 162 Å². The number of hydrogen-bond acceptors (Lipinski definition) is 3. The molecule has 1 N–H and O–H groups in total. The van der Waals surface area contributed by atoms with Crippen LogP contribution in [0.1, 0.15) is 23.6 Å². The first-order chi connectivity index (χ1) is 12.9. The van der Waals surface area contributed by atoms with Gasteiger partial charge in [0.2, 0.25) is 0 Å². The highest BCUT2D eigenvalue weighted by Crippen LogP contribution is 2.33. The highest BCUT2D eigenvalue weighted by molar-refractivity contribution is 5.78. The molecular formula is C23H28N2O2. The summed E-state index contributed by atoms with van der Waals surface area (Å²) in [6, 6.07) is 12.0. The highest BCUT2D eigenvalue weighted by Gasteiger charge is 2.23. The van der Waals surface area contributed by atoms with E-state index in [2.05, 4.69) is 29.5 Å². The fourth-order valence-corrected chi connectivity index (χ4v) is 2.68. The van der Waals surface area contributed by atoms with Crippen molar-refractivity contribution in [3.63, 3.8) is 0 Å². The van der Waals surface area contributed by atoms with E-state index in [9.17, 15) is 0 Å². The van der Waals surface area contributed by atoms with Gasteiger partial charge in [0.15, 0.2) is 0 Å². The smallest absolute Gasteiger partial charge is 0.130 e. The van der Waals surface area contributed by atoms with Gasteiger partial charge in [-0.2, -0.15) is 0 Å².